The molecule has 0 saturated carbocycles. The van der Waals surface area contributed by atoms with Gasteiger partial charge in [-0.15, -0.1) is 10.2 Å². The van der Waals surface area contributed by atoms with Crippen LogP contribution in [0, 0.1) is 12.8 Å². The predicted molar refractivity (Wildman–Crippen MR) is 105 cm³/mol. The van der Waals surface area contributed by atoms with Crippen molar-refractivity contribution in [2.24, 2.45) is 5.92 Å². The standard InChI is InChI=1S/C20H21F3N6O2/c1-3-28-10-14(17(30)13-6-4-11(2)25-18(13)28)19(31)24-8-16-27-26-15-7-5-12(9-29(15)16)20(21,22)23/h4,6,10,12H,3,5,7-9H2,1-2H3,(H,24,31)/t12-/m1/s1. The molecular formula is C20H21F3N6O2. The minimum Gasteiger partial charge on any atom is -0.345 e. The molecule has 1 aliphatic heterocycles. The van der Waals surface area contributed by atoms with Gasteiger partial charge in [0.1, 0.15) is 17.0 Å². The number of aryl methyl sites for hydroxylation is 3. The number of fused-ring (bicyclic) bond motifs is 2. The summed E-state index contributed by atoms with van der Waals surface area (Å²) in [6, 6.07) is 3.33. The predicted octanol–water partition coefficient (Wildman–Crippen LogP) is 2.37. The maximum Gasteiger partial charge on any atom is 0.393 e. The Morgan fingerprint density at radius 1 is 1.29 bits per heavy atom. The molecule has 0 aromatic carbocycles. The Balaban J connectivity index is 1.58. The molecule has 0 aliphatic carbocycles. The first-order valence-electron chi connectivity index (χ1n) is 9.95. The van der Waals surface area contributed by atoms with Crippen molar-refractivity contribution in [3.63, 3.8) is 0 Å². The number of hydrogen-bond acceptors (Lipinski definition) is 5. The molecule has 1 N–H and O–H groups in total. The van der Waals surface area contributed by atoms with Gasteiger partial charge < -0.3 is 14.5 Å². The molecule has 0 radical (unpaired) electrons. The van der Waals surface area contributed by atoms with Crippen LogP contribution in [0.2, 0.25) is 0 Å². The Morgan fingerprint density at radius 2 is 2.06 bits per heavy atom. The summed E-state index contributed by atoms with van der Waals surface area (Å²) < 4.78 is 42.4. The van der Waals surface area contributed by atoms with Gasteiger partial charge in [0.15, 0.2) is 5.82 Å². The Kier molecular flexibility index (Phi) is 5.28. The fourth-order valence-electron chi connectivity index (χ4n) is 3.80. The number of carbonyl (C=O) groups is 1. The molecule has 3 aromatic heterocycles. The van der Waals surface area contributed by atoms with Crippen LogP contribution >= 0.6 is 0 Å². The highest BCUT2D eigenvalue weighted by molar-refractivity contribution is 5.96. The normalized spacial score (nSPS) is 16.4. The zero-order valence-corrected chi connectivity index (χ0v) is 17.0. The Morgan fingerprint density at radius 3 is 2.77 bits per heavy atom. The maximum absolute atomic E-state index is 13.1. The lowest BCUT2D eigenvalue weighted by molar-refractivity contribution is -0.182. The van der Waals surface area contributed by atoms with Crippen molar-refractivity contribution in [2.45, 2.75) is 52.5 Å². The number of rotatable bonds is 4. The molecule has 1 atom stereocenters. The fourth-order valence-corrected chi connectivity index (χ4v) is 3.80. The van der Waals surface area contributed by atoms with Gasteiger partial charge in [0.2, 0.25) is 5.43 Å². The minimum atomic E-state index is -4.30. The number of nitrogens with zero attached hydrogens (tertiary/aromatic N) is 5. The van der Waals surface area contributed by atoms with E-state index in [0.29, 0.717) is 23.4 Å². The van der Waals surface area contributed by atoms with E-state index in [1.54, 1.807) is 16.7 Å². The van der Waals surface area contributed by atoms with Gasteiger partial charge in [-0.2, -0.15) is 13.2 Å². The summed E-state index contributed by atoms with van der Waals surface area (Å²) in [4.78, 5) is 30.0. The number of amides is 1. The molecule has 0 saturated heterocycles. The van der Waals surface area contributed by atoms with Crippen LogP contribution in [0.3, 0.4) is 0 Å². The second-order valence-corrected chi connectivity index (χ2v) is 7.58. The van der Waals surface area contributed by atoms with Crippen LogP contribution in [0.4, 0.5) is 13.2 Å². The monoisotopic (exact) mass is 434 g/mol. The van der Waals surface area contributed by atoms with Gasteiger partial charge in [0.25, 0.3) is 5.91 Å². The lowest BCUT2D eigenvalue weighted by atomic mass is 9.99. The average molecular weight is 434 g/mol. The van der Waals surface area contributed by atoms with Gasteiger partial charge in [0, 0.05) is 31.4 Å². The summed E-state index contributed by atoms with van der Waals surface area (Å²) in [5, 5.41) is 10.8. The molecule has 0 bridgehead atoms. The molecule has 0 fully saturated rings. The van der Waals surface area contributed by atoms with Gasteiger partial charge in [0.05, 0.1) is 17.8 Å². The van der Waals surface area contributed by atoms with Crippen molar-refractivity contribution in [2.75, 3.05) is 0 Å². The van der Waals surface area contributed by atoms with Crippen molar-refractivity contribution < 1.29 is 18.0 Å². The minimum absolute atomic E-state index is 0.0326. The summed E-state index contributed by atoms with van der Waals surface area (Å²) >= 11 is 0. The number of nitrogens with one attached hydrogen (secondary N) is 1. The highest BCUT2D eigenvalue weighted by atomic mass is 19.4. The highest BCUT2D eigenvalue weighted by Gasteiger charge is 2.42. The third kappa shape index (κ3) is 3.91. The van der Waals surface area contributed by atoms with Crippen LogP contribution < -0.4 is 10.7 Å². The quantitative estimate of drug-likeness (QED) is 0.680. The molecule has 0 spiro atoms. The van der Waals surface area contributed by atoms with E-state index in [4.69, 9.17) is 0 Å². The molecule has 4 rings (SSSR count). The van der Waals surface area contributed by atoms with E-state index in [0.717, 1.165) is 5.69 Å². The first kappa shape index (κ1) is 21.0. The lowest BCUT2D eigenvalue weighted by Crippen LogP contribution is -2.34. The molecule has 3 aromatic rings. The largest absolute Gasteiger partial charge is 0.393 e. The van der Waals surface area contributed by atoms with E-state index in [-0.39, 0.29) is 37.3 Å². The van der Waals surface area contributed by atoms with Crippen molar-refractivity contribution in [1.82, 2.24) is 29.6 Å². The van der Waals surface area contributed by atoms with Gasteiger partial charge in [-0.05, 0) is 32.4 Å². The van der Waals surface area contributed by atoms with Crippen molar-refractivity contribution >= 4 is 16.9 Å². The van der Waals surface area contributed by atoms with Crippen LogP contribution in [0.15, 0.2) is 23.1 Å². The summed E-state index contributed by atoms with van der Waals surface area (Å²) in [6.45, 7) is 3.78. The molecule has 1 aliphatic rings. The molecule has 164 valence electrons. The zero-order chi connectivity index (χ0) is 22.3. The topological polar surface area (TPSA) is 94.7 Å². The number of halogens is 3. The van der Waals surface area contributed by atoms with E-state index in [1.807, 2.05) is 13.8 Å². The molecule has 11 heteroatoms. The number of hydrogen-bond donors (Lipinski definition) is 1. The Hall–Kier alpha value is -3.24. The molecule has 0 unspecified atom stereocenters. The van der Waals surface area contributed by atoms with E-state index in [9.17, 15) is 22.8 Å². The van der Waals surface area contributed by atoms with Crippen LogP contribution in [0.5, 0.6) is 0 Å². The van der Waals surface area contributed by atoms with E-state index >= 15 is 0 Å². The van der Waals surface area contributed by atoms with Crippen LogP contribution in [0.25, 0.3) is 11.0 Å². The number of carbonyl (C=O) groups excluding carboxylic acids is 1. The first-order valence-corrected chi connectivity index (χ1v) is 9.95. The fraction of sp³-hybridized carbons (Fsp3) is 0.450. The molecule has 4 heterocycles. The van der Waals surface area contributed by atoms with Gasteiger partial charge in [-0.3, -0.25) is 9.59 Å². The van der Waals surface area contributed by atoms with Gasteiger partial charge in [-0.1, -0.05) is 0 Å². The summed E-state index contributed by atoms with van der Waals surface area (Å²) in [7, 11) is 0. The van der Waals surface area contributed by atoms with Crippen molar-refractivity contribution in [3.8, 4) is 0 Å². The van der Waals surface area contributed by atoms with Crippen LogP contribution in [-0.2, 0) is 26.1 Å². The van der Waals surface area contributed by atoms with Gasteiger partial charge >= 0.3 is 6.18 Å². The smallest absolute Gasteiger partial charge is 0.345 e. The lowest BCUT2D eigenvalue weighted by Gasteiger charge is -2.26. The van der Waals surface area contributed by atoms with E-state index in [2.05, 4.69) is 20.5 Å². The maximum atomic E-state index is 13.1. The molecular weight excluding hydrogens is 413 g/mol. The number of pyridine rings is 2. The second kappa shape index (κ2) is 7.78. The number of aromatic nitrogens is 5. The van der Waals surface area contributed by atoms with Crippen molar-refractivity contribution in [1.29, 1.82) is 0 Å². The van der Waals surface area contributed by atoms with Crippen LogP contribution in [-0.4, -0.2) is 36.4 Å². The molecule has 1 amide bonds. The molecule has 31 heavy (non-hydrogen) atoms. The number of alkyl halides is 3. The third-order valence-electron chi connectivity index (χ3n) is 5.54. The molecule has 8 nitrogen and oxygen atoms in total. The Labute approximate surface area is 175 Å². The van der Waals surface area contributed by atoms with Crippen LogP contribution in [0.1, 0.15) is 41.0 Å². The van der Waals surface area contributed by atoms with E-state index < -0.39 is 23.4 Å². The average Bonchev–Trinajstić information content (AvgIpc) is 3.14. The Bertz CT molecular complexity index is 1210. The summed E-state index contributed by atoms with van der Waals surface area (Å²) in [5.74, 6) is -1.41. The second-order valence-electron chi connectivity index (χ2n) is 7.58. The highest BCUT2D eigenvalue weighted by Crippen LogP contribution is 2.34. The van der Waals surface area contributed by atoms with Crippen molar-refractivity contribution in [3.05, 3.63) is 51.5 Å². The first-order chi connectivity index (χ1) is 14.7. The van der Waals surface area contributed by atoms with E-state index in [1.165, 1.54) is 10.8 Å². The third-order valence-corrected chi connectivity index (χ3v) is 5.54. The zero-order valence-electron chi connectivity index (χ0n) is 17.0. The van der Waals surface area contributed by atoms with Gasteiger partial charge in [-0.25, -0.2) is 4.98 Å². The SMILES string of the molecule is CCn1cc(C(=O)NCc2nnc3n2C[C@H](C(F)(F)F)CC3)c(=O)c2ccc(C)nc21. The summed E-state index contributed by atoms with van der Waals surface area (Å²) in [5.41, 5.74) is 0.727. The summed E-state index contributed by atoms with van der Waals surface area (Å²) in [6.07, 6.45) is -2.71.